The van der Waals surface area contributed by atoms with Gasteiger partial charge in [0.25, 0.3) is 0 Å². The molecule has 21 heavy (non-hydrogen) atoms. The Hall–Kier alpha value is -1.55. The molecule has 0 saturated heterocycles. The van der Waals surface area contributed by atoms with Crippen LogP contribution in [0.1, 0.15) is 37.7 Å². The SMILES string of the molecule is Cc1ccc(N)cc1NC(=O)C1CC2CCCC(C1)C2N. The van der Waals surface area contributed by atoms with E-state index in [1.54, 1.807) is 0 Å². The number of carbonyl (C=O) groups is 1. The molecule has 1 aromatic rings. The topological polar surface area (TPSA) is 81.1 Å². The summed E-state index contributed by atoms with van der Waals surface area (Å²) in [7, 11) is 0. The lowest BCUT2D eigenvalue weighted by atomic mass is 9.65. The molecular weight excluding hydrogens is 262 g/mol. The number of anilines is 2. The average Bonchev–Trinajstić information content (AvgIpc) is 2.42. The van der Waals surface area contributed by atoms with Gasteiger partial charge in [-0.1, -0.05) is 12.5 Å². The van der Waals surface area contributed by atoms with Crippen LogP contribution in [0.25, 0.3) is 0 Å². The quantitative estimate of drug-likeness (QED) is 0.731. The lowest BCUT2D eigenvalue weighted by molar-refractivity contribution is -0.122. The molecule has 2 aliphatic carbocycles. The van der Waals surface area contributed by atoms with Crippen LogP contribution < -0.4 is 16.8 Å². The Bertz CT molecular complexity index is 529. The number of nitrogen functional groups attached to an aromatic ring is 1. The van der Waals surface area contributed by atoms with Gasteiger partial charge < -0.3 is 16.8 Å². The molecule has 0 spiro atoms. The second-order valence-electron chi connectivity index (χ2n) is 6.76. The van der Waals surface area contributed by atoms with Gasteiger partial charge in [-0.2, -0.15) is 0 Å². The molecule has 0 aliphatic heterocycles. The maximum atomic E-state index is 12.6. The monoisotopic (exact) mass is 287 g/mol. The molecule has 114 valence electrons. The minimum atomic E-state index is 0.0981. The van der Waals surface area contributed by atoms with Crippen LogP contribution in [-0.4, -0.2) is 11.9 Å². The first-order chi connectivity index (χ1) is 10.0. The van der Waals surface area contributed by atoms with Crippen molar-refractivity contribution in [1.29, 1.82) is 0 Å². The van der Waals surface area contributed by atoms with Crippen LogP contribution in [-0.2, 0) is 4.79 Å². The lowest BCUT2D eigenvalue weighted by Crippen LogP contribution is -2.48. The maximum absolute atomic E-state index is 12.6. The summed E-state index contributed by atoms with van der Waals surface area (Å²) < 4.78 is 0. The molecule has 2 atom stereocenters. The third kappa shape index (κ3) is 2.91. The molecule has 1 aromatic carbocycles. The Morgan fingerprint density at radius 2 is 1.90 bits per heavy atom. The molecule has 1 amide bonds. The van der Waals surface area contributed by atoms with Crippen molar-refractivity contribution in [2.75, 3.05) is 11.1 Å². The van der Waals surface area contributed by atoms with Gasteiger partial charge in [0, 0.05) is 23.3 Å². The van der Waals surface area contributed by atoms with Crippen LogP contribution in [0.2, 0.25) is 0 Å². The second kappa shape index (κ2) is 5.68. The summed E-state index contributed by atoms with van der Waals surface area (Å²) in [5.74, 6) is 1.28. The van der Waals surface area contributed by atoms with E-state index in [0.717, 1.165) is 24.1 Å². The van der Waals surface area contributed by atoms with Crippen molar-refractivity contribution >= 4 is 17.3 Å². The van der Waals surface area contributed by atoms with E-state index in [1.165, 1.54) is 19.3 Å². The molecule has 0 radical (unpaired) electrons. The Morgan fingerprint density at radius 3 is 2.57 bits per heavy atom. The van der Waals surface area contributed by atoms with Crippen LogP contribution in [0, 0.1) is 24.7 Å². The van der Waals surface area contributed by atoms with E-state index < -0.39 is 0 Å². The van der Waals surface area contributed by atoms with E-state index >= 15 is 0 Å². The number of benzene rings is 1. The van der Waals surface area contributed by atoms with Gasteiger partial charge in [-0.15, -0.1) is 0 Å². The molecule has 0 heterocycles. The van der Waals surface area contributed by atoms with Crippen LogP contribution >= 0.6 is 0 Å². The zero-order chi connectivity index (χ0) is 15.0. The zero-order valence-electron chi connectivity index (χ0n) is 12.6. The van der Waals surface area contributed by atoms with E-state index in [2.05, 4.69) is 5.32 Å². The average molecular weight is 287 g/mol. The first-order valence-electron chi connectivity index (χ1n) is 7.97. The molecule has 2 fully saturated rings. The standard InChI is InChI=1S/C17H25N3O/c1-10-5-6-14(18)9-15(10)20-17(21)13-7-11-3-2-4-12(8-13)16(11)19/h5-6,9,11-13,16H,2-4,7-8,18-19H2,1H3,(H,20,21). The first kappa shape index (κ1) is 14.4. The van der Waals surface area contributed by atoms with Crippen molar-refractivity contribution in [3.8, 4) is 0 Å². The van der Waals surface area contributed by atoms with Gasteiger partial charge in [0.15, 0.2) is 0 Å². The molecule has 2 bridgehead atoms. The summed E-state index contributed by atoms with van der Waals surface area (Å²) in [5, 5.41) is 3.07. The van der Waals surface area contributed by atoms with Crippen molar-refractivity contribution in [1.82, 2.24) is 0 Å². The summed E-state index contributed by atoms with van der Waals surface area (Å²) in [6.45, 7) is 1.99. The molecule has 3 rings (SSSR count). The van der Waals surface area contributed by atoms with Crippen LogP contribution in [0.3, 0.4) is 0 Å². The van der Waals surface area contributed by atoms with Crippen molar-refractivity contribution in [3.63, 3.8) is 0 Å². The highest BCUT2D eigenvalue weighted by molar-refractivity contribution is 5.93. The Morgan fingerprint density at radius 1 is 1.24 bits per heavy atom. The van der Waals surface area contributed by atoms with E-state index in [4.69, 9.17) is 11.5 Å². The summed E-state index contributed by atoms with van der Waals surface area (Å²) in [6.07, 6.45) is 5.50. The van der Waals surface area contributed by atoms with Crippen molar-refractivity contribution in [3.05, 3.63) is 23.8 Å². The smallest absolute Gasteiger partial charge is 0.227 e. The fourth-order valence-corrected chi connectivity index (χ4v) is 4.01. The summed E-state index contributed by atoms with van der Waals surface area (Å²) in [5.41, 5.74) is 14.7. The predicted molar refractivity (Wildman–Crippen MR) is 85.8 cm³/mol. The number of aryl methyl sites for hydroxylation is 1. The molecule has 2 aliphatic rings. The fourth-order valence-electron chi connectivity index (χ4n) is 4.01. The number of hydrogen-bond acceptors (Lipinski definition) is 3. The fraction of sp³-hybridized carbons (Fsp3) is 0.588. The lowest BCUT2D eigenvalue weighted by Gasteiger charge is -2.43. The van der Waals surface area contributed by atoms with Gasteiger partial charge in [0.2, 0.25) is 5.91 Å². The third-order valence-corrected chi connectivity index (χ3v) is 5.30. The summed E-state index contributed by atoms with van der Waals surface area (Å²) >= 11 is 0. The molecule has 0 aromatic heterocycles. The highest BCUT2D eigenvalue weighted by Gasteiger charge is 2.40. The van der Waals surface area contributed by atoms with Gasteiger partial charge in [0.05, 0.1) is 0 Å². The van der Waals surface area contributed by atoms with Crippen LogP contribution in [0.15, 0.2) is 18.2 Å². The van der Waals surface area contributed by atoms with E-state index in [1.807, 2.05) is 25.1 Å². The molecule has 4 nitrogen and oxygen atoms in total. The van der Waals surface area contributed by atoms with E-state index in [-0.39, 0.29) is 11.8 Å². The predicted octanol–water partition coefficient (Wildman–Crippen LogP) is 2.67. The van der Waals surface area contributed by atoms with Gasteiger partial charge in [-0.3, -0.25) is 4.79 Å². The Kier molecular flexibility index (Phi) is 3.89. The van der Waals surface area contributed by atoms with E-state index in [0.29, 0.717) is 23.6 Å². The van der Waals surface area contributed by atoms with Gasteiger partial charge in [-0.25, -0.2) is 0 Å². The maximum Gasteiger partial charge on any atom is 0.227 e. The summed E-state index contributed by atoms with van der Waals surface area (Å²) in [6, 6.07) is 5.94. The van der Waals surface area contributed by atoms with Gasteiger partial charge >= 0.3 is 0 Å². The first-order valence-corrected chi connectivity index (χ1v) is 7.97. The highest BCUT2D eigenvalue weighted by atomic mass is 16.1. The van der Waals surface area contributed by atoms with Crippen LogP contribution in [0.4, 0.5) is 11.4 Å². The van der Waals surface area contributed by atoms with Crippen molar-refractivity contribution in [2.24, 2.45) is 23.5 Å². The number of hydrogen-bond donors (Lipinski definition) is 3. The molecular formula is C17H25N3O. The number of amides is 1. The van der Waals surface area contributed by atoms with Crippen molar-refractivity contribution in [2.45, 2.75) is 45.1 Å². The number of fused-ring (bicyclic) bond motifs is 2. The second-order valence-corrected chi connectivity index (χ2v) is 6.76. The summed E-state index contributed by atoms with van der Waals surface area (Å²) in [4.78, 5) is 12.6. The van der Waals surface area contributed by atoms with E-state index in [9.17, 15) is 4.79 Å². The molecule has 2 unspecified atom stereocenters. The Labute approximate surface area is 126 Å². The minimum absolute atomic E-state index is 0.0981. The minimum Gasteiger partial charge on any atom is -0.399 e. The van der Waals surface area contributed by atoms with Gasteiger partial charge in [-0.05, 0) is 62.1 Å². The number of rotatable bonds is 2. The number of nitrogens with two attached hydrogens (primary N) is 2. The highest BCUT2D eigenvalue weighted by Crippen LogP contribution is 2.42. The van der Waals surface area contributed by atoms with Crippen LogP contribution in [0.5, 0.6) is 0 Å². The Balaban J connectivity index is 1.70. The number of carbonyl (C=O) groups excluding carboxylic acids is 1. The largest absolute Gasteiger partial charge is 0.399 e. The third-order valence-electron chi connectivity index (χ3n) is 5.30. The van der Waals surface area contributed by atoms with Crippen molar-refractivity contribution < 1.29 is 4.79 Å². The molecule has 4 heteroatoms. The zero-order valence-corrected chi connectivity index (χ0v) is 12.6. The normalized spacial score (nSPS) is 31.7. The number of nitrogens with one attached hydrogen (secondary N) is 1. The molecule has 5 N–H and O–H groups in total. The molecule has 2 saturated carbocycles. The van der Waals surface area contributed by atoms with Gasteiger partial charge in [0.1, 0.15) is 0 Å².